The number of halogens is 1. The third-order valence-electron chi connectivity index (χ3n) is 4.10. The molecule has 0 atom stereocenters. The van der Waals surface area contributed by atoms with Gasteiger partial charge in [-0.15, -0.1) is 11.3 Å². The predicted octanol–water partition coefficient (Wildman–Crippen LogP) is 5.37. The van der Waals surface area contributed by atoms with Gasteiger partial charge >= 0.3 is 5.97 Å². The van der Waals surface area contributed by atoms with Crippen molar-refractivity contribution >= 4 is 17.3 Å². The fraction of sp³-hybridized carbons (Fsp3) is 0.0455. The summed E-state index contributed by atoms with van der Waals surface area (Å²) < 4.78 is 18.5. The van der Waals surface area contributed by atoms with Gasteiger partial charge in [-0.3, -0.25) is 4.98 Å². The van der Waals surface area contributed by atoms with Crippen LogP contribution in [0.3, 0.4) is 0 Å². The first kappa shape index (κ1) is 18.0. The zero-order valence-electron chi connectivity index (χ0n) is 14.7. The highest BCUT2D eigenvalue weighted by Gasteiger charge is 2.13. The molecule has 138 valence electrons. The lowest BCUT2D eigenvalue weighted by atomic mass is 10.0. The third-order valence-corrected chi connectivity index (χ3v) is 4.99. The van der Waals surface area contributed by atoms with Gasteiger partial charge in [0.05, 0.1) is 0 Å². The number of aromatic nitrogens is 2. The number of thiazole rings is 1. The highest BCUT2D eigenvalue weighted by Crippen LogP contribution is 2.24. The molecule has 0 aliphatic carbocycles. The van der Waals surface area contributed by atoms with Gasteiger partial charge in [0.2, 0.25) is 0 Å². The fourth-order valence-electron chi connectivity index (χ4n) is 2.70. The Kier molecular flexibility index (Phi) is 5.21. The normalized spacial score (nSPS) is 10.6. The topological polar surface area (TPSA) is 52.1 Å². The Morgan fingerprint density at radius 1 is 1.00 bits per heavy atom. The van der Waals surface area contributed by atoms with Crippen LogP contribution < -0.4 is 0 Å². The molecule has 2 aromatic heterocycles. The van der Waals surface area contributed by atoms with Crippen LogP contribution in [0.5, 0.6) is 0 Å². The molecule has 0 fully saturated rings. The average molecular weight is 390 g/mol. The molecule has 0 radical (unpaired) electrons. The van der Waals surface area contributed by atoms with Gasteiger partial charge < -0.3 is 4.74 Å². The summed E-state index contributed by atoms with van der Waals surface area (Å²) in [6, 6.07) is 17.6. The number of ether oxygens (including phenoxy) is 1. The number of nitrogens with zero attached hydrogens (tertiary/aromatic N) is 2. The third kappa shape index (κ3) is 4.13. The average Bonchev–Trinajstić information content (AvgIpc) is 3.24. The summed E-state index contributed by atoms with van der Waals surface area (Å²) >= 11 is 1.37. The molecule has 2 aromatic carbocycles. The minimum atomic E-state index is -0.474. The second kappa shape index (κ2) is 8.10. The first-order valence-corrected chi connectivity index (χ1v) is 9.45. The van der Waals surface area contributed by atoms with Crippen LogP contribution >= 0.6 is 11.3 Å². The maximum absolute atomic E-state index is 13.1. The van der Waals surface area contributed by atoms with Gasteiger partial charge in [0.1, 0.15) is 17.4 Å². The first-order chi connectivity index (χ1) is 13.7. The zero-order chi connectivity index (χ0) is 19.3. The number of pyridine rings is 1. The fourth-order valence-corrected chi connectivity index (χ4v) is 3.48. The van der Waals surface area contributed by atoms with E-state index in [0.29, 0.717) is 0 Å². The number of carbonyl (C=O) groups is 1. The van der Waals surface area contributed by atoms with Crippen LogP contribution in [0, 0.1) is 5.82 Å². The lowest BCUT2D eigenvalue weighted by Crippen LogP contribution is -2.05. The minimum absolute atomic E-state index is 0.133. The number of rotatable bonds is 5. The molecule has 0 spiro atoms. The summed E-state index contributed by atoms with van der Waals surface area (Å²) in [5.74, 6) is -0.749. The van der Waals surface area contributed by atoms with Gasteiger partial charge in [-0.05, 0) is 47.0 Å². The standard InChI is InChI=1S/C22H15FN2O2S/c23-19-8-6-16(7-9-19)17-4-1-3-15(11-17)13-27-22(26)20-14-28-21(25-20)18-5-2-10-24-12-18/h1-12,14H,13H2. The number of benzene rings is 2. The van der Waals surface area contributed by atoms with Crippen molar-refractivity contribution in [2.24, 2.45) is 0 Å². The highest BCUT2D eigenvalue weighted by molar-refractivity contribution is 7.13. The van der Waals surface area contributed by atoms with E-state index in [-0.39, 0.29) is 18.1 Å². The van der Waals surface area contributed by atoms with Crippen molar-refractivity contribution in [3.8, 4) is 21.7 Å². The summed E-state index contributed by atoms with van der Waals surface area (Å²) in [7, 11) is 0. The van der Waals surface area contributed by atoms with Gasteiger partial charge in [0, 0.05) is 23.3 Å². The summed E-state index contributed by atoms with van der Waals surface area (Å²) in [6.07, 6.45) is 3.39. The van der Waals surface area contributed by atoms with Crippen LogP contribution in [0.4, 0.5) is 4.39 Å². The van der Waals surface area contributed by atoms with Crippen LogP contribution in [-0.4, -0.2) is 15.9 Å². The minimum Gasteiger partial charge on any atom is -0.456 e. The van der Waals surface area contributed by atoms with E-state index in [1.54, 1.807) is 29.9 Å². The van der Waals surface area contributed by atoms with E-state index < -0.39 is 5.97 Å². The van der Waals surface area contributed by atoms with Crippen molar-refractivity contribution in [1.29, 1.82) is 0 Å². The molecule has 0 amide bonds. The Labute approximate surface area is 165 Å². The zero-order valence-corrected chi connectivity index (χ0v) is 15.5. The van der Waals surface area contributed by atoms with E-state index in [0.717, 1.165) is 27.3 Å². The van der Waals surface area contributed by atoms with Crippen LogP contribution in [0.2, 0.25) is 0 Å². The molecule has 6 heteroatoms. The van der Waals surface area contributed by atoms with E-state index in [4.69, 9.17) is 4.74 Å². The molecule has 0 saturated heterocycles. The van der Waals surface area contributed by atoms with Crippen LogP contribution in [-0.2, 0) is 11.3 Å². The maximum atomic E-state index is 13.1. The Hall–Kier alpha value is -3.38. The molecule has 0 aliphatic rings. The van der Waals surface area contributed by atoms with Crippen molar-refractivity contribution in [1.82, 2.24) is 9.97 Å². The molecule has 0 unspecified atom stereocenters. The summed E-state index contributed by atoms with van der Waals surface area (Å²) in [6.45, 7) is 0.133. The van der Waals surface area contributed by atoms with Crippen molar-refractivity contribution < 1.29 is 13.9 Å². The van der Waals surface area contributed by atoms with Gasteiger partial charge in [0.15, 0.2) is 5.69 Å². The molecule has 4 aromatic rings. The second-order valence-electron chi connectivity index (χ2n) is 6.06. The van der Waals surface area contributed by atoms with Crippen molar-refractivity contribution in [3.63, 3.8) is 0 Å². The number of carbonyl (C=O) groups excluding carboxylic acids is 1. The Morgan fingerprint density at radius 2 is 1.82 bits per heavy atom. The summed E-state index contributed by atoms with van der Waals surface area (Å²) in [5.41, 5.74) is 3.81. The molecule has 4 nitrogen and oxygen atoms in total. The maximum Gasteiger partial charge on any atom is 0.358 e. The molecular formula is C22H15FN2O2S. The molecule has 0 aliphatic heterocycles. The Morgan fingerprint density at radius 3 is 2.61 bits per heavy atom. The number of esters is 1. The molecule has 4 rings (SSSR count). The van der Waals surface area contributed by atoms with E-state index in [2.05, 4.69) is 9.97 Å². The molecule has 2 heterocycles. The lowest BCUT2D eigenvalue weighted by molar-refractivity contribution is 0.0467. The number of hydrogen-bond acceptors (Lipinski definition) is 5. The largest absolute Gasteiger partial charge is 0.456 e. The van der Waals surface area contributed by atoms with Crippen molar-refractivity contribution in [3.05, 3.63) is 95.5 Å². The van der Waals surface area contributed by atoms with Crippen LogP contribution in [0.15, 0.2) is 78.4 Å². The highest BCUT2D eigenvalue weighted by atomic mass is 32.1. The van der Waals surface area contributed by atoms with Crippen molar-refractivity contribution in [2.75, 3.05) is 0 Å². The van der Waals surface area contributed by atoms with Crippen LogP contribution in [0.25, 0.3) is 21.7 Å². The second-order valence-corrected chi connectivity index (χ2v) is 6.92. The molecule has 0 bridgehead atoms. The predicted molar refractivity (Wildman–Crippen MR) is 106 cm³/mol. The van der Waals surface area contributed by atoms with Crippen LogP contribution in [0.1, 0.15) is 16.1 Å². The Bertz CT molecular complexity index is 1090. The molecule has 0 saturated carbocycles. The van der Waals surface area contributed by atoms with E-state index in [1.807, 2.05) is 36.4 Å². The van der Waals surface area contributed by atoms with E-state index in [9.17, 15) is 9.18 Å². The molecule has 28 heavy (non-hydrogen) atoms. The summed E-state index contributed by atoms with van der Waals surface area (Å²) in [5, 5.41) is 2.40. The smallest absolute Gasteiger partial charge is 0.358 e. The molecular weight excluding hydrogens is 375 g/mol. The van der Waals surface area contributed by atoms with Gasteiger partial charge in [-0.2, -0.15) is 0 Å². The van der Waals surface area contributed by atoms with Crippen molar-refractivity contribution in [2.45, 2.75) is 6.61 Å². The van der Waals surface area contributed by atoms with Gasteiger partial charge in [-0.25, -0.2) is 14.2 Å². The lowest BCUT2D eigenvalue weighted by Gasteiger charge is -2.06. The van der Waals surface area contributed by atoms with E-state index >= 15 is 0 Å². The van der Waals surface area contributed by atoms with E-state index in [1.165, 1.54) is 23.5 Å². The van der Waals surface area contributed by atoms with Gasteiger partial charge in [-0.1, -0.05) is 30.3 Å². The Balaban J connectivity index is 1.43. The first-order valence-electron chi connectivity index (χ1n) is 8.57. The molecule has 0 N–H and O–H groups in total. The summed E-state index contributed by atoms with van der Waals surface area (Å²) in [4.78, 5) is 20.7. The SMILES string of the molecule is O=C(OCc1cccc(-c2ccc(F)cc2)c1)c1csc(-c2cccnc2)n1. The number of hydrogen-bond donors (Lipinski definition) is 0. The van der Waals surface area contributed by atoms with Gasteiger partial charge in [0.25, 0.3) is 0 Å². The quantitative estimate of drug-likeness (QED) is 0.430. The monoisotopic (exact) mass is 390 g/mol.